The molecule has 0 N–H and O–H groups in total. The number of ether oxygens (including phenoxy) is 1. The molecule has 0 atom stereocenters. The predicted octanol–water partition coefficient (Wildman–Crippen LogP) is 5.30. The van der Waals surface area contributed by atoms with Crippen LogP contribution in [0.1, 0.15) is 20.8 Å². The van der Waals surface area contributed by atoms with Crippen molar-refractivity contribution in [1.82, 2.24) is 19.5 Å². The third kappa shape index (κ3) is 3.55. The van der Waals surface area contributed by atoms with E-state index in [9.17, 15) is 4.79 Å². The van der Waals surface area contributed by atoms with Crippen molar-refractivity contribution in [2.75, 3.05) is 0 Å². The SMILES string of the molecule is CC(C)(C)OC(=O)n1c(-c2ccc(-c3cnco3)cc2)nc2cc(Br)cnc21. The Balaban J connectivity index is 1.83. The van der Waals surface area contributed by atoms with E-state index >= 15 is 0 Å². The van der Waals surface area contributed by atoms with Gasteiger partial charge in [0.2, 0.25) is 0 Å². The smallest absolute Gasteiger partial charge is 0.422 e. The third-order valence-electron chi connectivity index (χ3n) is 3.90. The van der Waals surface area contributed by atoms with Crippen LogP contribution in [0.15, 0.2) is 58.0 Å². The number of nitrogens with zero attached hydrogens (tertiary/aromatic N) is 4. The van der Waals surface area contributed by atoms with E-state index in [2.05, 4.69) is 30.9 Å². The van der Waals surface area contributed by atoms with Gasteiger partial charge in [-0.15, -0.1) is 0 Å². The number of hydrogen-bond donors (Lipinski definition) is 0. The molecule has 3 heterocycles. The lowest BCUT2D eigenvalue weighted by Crippen LogP contribution is -2.27. The molecule has 28 heavy (non-hydrogen) atoms. The van der Waals surface area contributed by atoms with Gasteiger partial charge in [-0.1, -0.05) is 24.3 Å². The van der Waals surface area contributed by atoms with E-state index in [0.717, 1.165) is 15.6 Å². The van der Waals surface area contributed by atoms with Crippen molar-refractivity contribution in [3.63, 3.8) is 0 Å². The number of carbonyl (C=O) groups excluding carboxylic acids is 1. The maximum atomic E-state index is 12.9. The summed E-state index contributed by atoms with van der Waals surface area (Å²) >= 11 is 3.40. The van der Waals surface area contributed by atoms with Crippen molar-refractivity contribution in [1.29, 1.82) is 0 Å². The summed E-state index contributed by atoms with van der Waals surface area (Å²) in [5, 5.41) is 0. The Morgan fingerprint density at radius 2 is 1.86 bits per heavy atom. The van der Waals surface area contributed by atoms with Crippen LogP contribution in [0.2, 0.25) is 0 Å². The number of hydrogen-bond acceptors (Lipinski definition) is 6. The molecule has 7 nitrogen and oxygen atoms in total. The maximum Gasteiger partial charge on any atom is 0.422 e. The largest absolute Gasteiger partial charge is 0.444 e. The number of benzene rings is 1. The third-order valence-corrected chi connectivity index (χ3v) is 4.33. The molecule has 0 aliphatic heterocycles. The van der Waals surface area contributed by atoms with Crippen LogP contribution in [0.25, 0.3) is 33.9 Å². The topological polar surface area (TPSA) is 83.0 Å². The molecule has 8 heteroatoms. The van der Waals surface area contributed by atoms with E-state index in [1.54, 1.807) is 12.4 Å². The second kappa shape index (κ2) is 6.87. The van der Waals surface area contributed by atoms with E-state index in [0.29, 0.717) is 22.7 Å². The van der Waals surface area contributed by atoms with Crippen LogP contribution >= 0.6 is 15.9 Å². The highest BCUT2D eigenvalue weighted by atomic mass is 79.9. The summed E-state index contributed by atoms with van der Waals surface area (Å²) < 4.78 is 13.1. The zero-order chi connectivity index (χ0) is 19.9. The Kier molecular flexibility index (Phi) is 4.50. The summed E-state index contributed by atoms with van der Waals surface area (Å²) in [4.78, 5) is 25.8. The summed E-state index contributed by atoms with van der Waals surface area (Å²) in [5.74, 6) is 1.12. The second-order valence-corrected chi connectivity index (χ2v) is 8.11. The van der Waals surface area contributed by atoms with Crippen molar-refractivity contribution < 1.29 is 13.9 Å². The molecule has 0 saturated heterocycles. The van der Waals surface area contributed by atoms with E-state index in [4.69, 9.17) is 9.15 Å². The Morgan fingerprint density at radius 3 is 2.50 bits per heavy atom. The molecule has 0 saturated carbocycles. The molecule has 3 aromatic heterocycles. The van der Waals surface area contributed by atoms with Crippen LogP contribution in [0.4, 0.5) is 4.79 Å². The highest BCUT2D eigenvalue weighted by Crippen LogP contribution is 2.28. The fourth-order valence-electron chi connectivity index (χ4n) is 2.76. The molecule has 0 fully saturated rings. The van der Waals surface area contributed by atoms with Gasteiger partial charge in [0.25, 0.3) is 0 Å². The van der Waals surface area contributed by atoms with Crippen LogP contribution in [-0.2, 0) is 4.74 Å². The number of aromatic nitrogens is 4. The molecule has 4 aromatic rings. The van der Waals surface area contributed by atoms with E-state index in [-0.39, 0.29) is 0 Å². The fourth-order valence-corrected chi connectivity index (χ4v) is 3.08. The first kappa shape index (κ1) is 18.4. The normalized spacial score (nSPS) is 11.7. The van der Waals surface area contributed by atoms with Crippen molar-refractivity contribution in [3.8, 4) is 22.7 Å². The summed E-state index contributed by atoms with van der Waals surface area (Å²) in [6, 6.07) is 9.33. The van der Waals surface area contributed by atoms with Crippen LogP contribution < -0.4 is 0 Å². The molecular formula is C20H17BrN4O3. The highest BCUT2D eigenvalue weighted by molar-refractivity contribution is 9.10. The van der Waals surface area contributed by atoms with Crippen molar-refractivity contribution in [2.45, 2.75) is 26.4 Å². The zero-order valence-electron chi connectivity index (χ0n) is 15.5. The standard InChI is InChI=1S/C20H17BrN4O3/c1-20(2,3)28-19(26)25-17(24-15-8-14(21)9-23-18(15)25)13-6-4-12(5-7-13)16-10-22-11-27-16/h4-11H,1-3H3. The molecule has 142 valence electrons. The Hall–Kier alpha value is -3.00. The van der Waals surface area contributed by atoms with Gasteiger partial charge in [0.1, 0.15) is 11.1 Å². The Bertz CT molecular complexity index is 1140. The summed E-state index contributed by atoms with van der Waals surface area (Å²) in [6.07, 6.45) is 4.13. The number of fused-ring (bicyclic) bond motifs is 1. The number of imidazole rings is 1. The molecule has 0 unspecified atom stereocenters. The van der Waals surface area contributed by atoms with E-state index in [1.807, 2.05) is 51.1 Å². The van der Waals surface area contributed by atoms with Crippen molar-refractivity contribution in [2.24, 2.45) is 0 Å². The average molecular weight is 441 g/mol. The zero-order valence-corrected chi connectivity index (χ0v) is 17.1. The quantitative estimate of drug-likeness (QED) is 0.420. The van der Waals surface area contributed by atoms with Gasteiger partial charge in [-0.3, -0.25) is 0 Å². The molecule has 1 aromatic carbocycles. The number of carbonyl (C=O) groups is 1. The van der Waals surface area contributed by atoms with Gasteiger partial charge in [-0.05, 0) is 42.8 Å². The molecular weight excluding hydrogens is 424 g/mol. The minimum absolute atomic E-state index is 0.437. The molecule has 0 amide bonds. The van der Waals surface area contributed by atoms with E-state index < -0.39 is 11.7 Å². The summed E-state index contributed by atoms with van der Waals surface area (Å²) in [5.41, 5.74) is 2.02. The molecule has 4 rings (SSSR count). The number of rotatable bonds is 2. The van der Waals surface area contributed by atoms with Gasteiger partial charge in [0, 0.05) is 21.8 Å². The molecule has 0 bridgehead atoms. The summed E-state index contributed by atoms with van der Waals surface area (Å²) in [7, 11) is 0. The minimum Gasteiger partial charge on any atom is -0.444 e. The maximum absolute atomic E-state index is 12.9. The van der Waals surface area contributed by atoms with E-state index in [1.165, 1.54) is 11.0 Å². The lowest BCUT2D eigenvalue weighted by molar-refractivity contribution is 0.0545. The van der Waals surface area contributed by atoms with Crippen molar-refractivity contribution >= 4 is 33.2 Å². The van der Waals surface area contributed by atoms with Gasteiger partial charge in [0.15, 0.2) is 23.6 Å². The highest BCUT2D eigenvalue weighted by Gasteiger charge is 2.25. The van der Waals surface area contributed by atoms with Gasteiger partial charge in [-0.2, -0.15) is 0 Å². The first-order valence-corrected chi connectivity index (χ1v) is 9.38. The van der Waals surface area contributed by atoms with Gasteiger partial charge in [-0.25, -0.2) is 24.3 Å². The monoisotopic (exact) mass is 440 g/mol. The summed E-state index contributed by atoms with van der Waals surface area (Å²) in [6.45, 7) is 5.46. The first-order chi connectivity index (χ1) is 13.3. The van der Waals surface area contributed by atoms with Gasteiger partial charge < -0.3 is 9.15 Å². The minimum atomic E-state index is -0.642. The molecule has 0 aliphatic rings. The Labute approximate surface area is 169 Å². The number of oxazole rings is 1. The van der Waals surface area contributed by atoms with Crippen LogP contribution in [0.5, 0.6) is 0 Å². The van der Waals surface area contributed by atoms with Gasteiger partial charge >= 0.3 is 6.09 Å². The lowest BCUT2D eigenvalue weighted by Gasteiger charge is -2.20. The average Bonchev–Trinajstić information content (AvgIpc) is 3.28. The van der Waals surface area contributed by atoms with Crippen LogP contribution in [0, 0.1) is 0 Å². The number of pyridine rings is 1. The second-order valence-electron chi connectivity index (χ2n) is 7.19. The molecule has 0 radical (unpaired) electrons. The molecule has 0 spiro atoms. The van der Waals surface area contributed by atoms with Crippen molar-refractivity contribution in [3.05, 3.63) is 53.6 Å². The predicted molar refractivity (Wildman–Crippen MR) is 108 cm³/mol. The molecule has 0 aliphatic carbocycles. The van der Waals surface area contributed by atoms with Crippen LogP contribution in [0.3, 0.4) is 0 Å². The number of halogens is 1. The Morgan fingerprint density at radius 1 is 1.14 bits per heavy atom. The first-order valence-electron chi connectivity index (χ1n) is 8.58. The fraction of sp³-hybridized carbons (Fsp3) is 0.200. The lowest BCUT2D eigenvalue weighted by atomic mass is 10.1. The van der Waals surface area contributed by atoms with Crippen LogP contribution in [-0.4, -0.2) is 31.2 Å². The van der Waals surface area contributed by atoms with Gasteiger partial charge in [0.05, 0.1) is 6.20 Å².